The SMILES string of the molecule is CCC(CCCCSSCCCCC(CC)C[Si](OC)(OC)OC)C[Si](CO)(CO)CO. The predicted octanol–water partition coefficient (Wildman–Crippen LogP) is 4.68. The lowest BCUT2D eigenvalue weighted by Gasteiger charge is -2.29. The van der Waals surface area contributed by atoms with Gasteiger partial charge in [0, 0.05) is 57.6 Å². The maximum atomic E-state index is 9.60. The molecule has 0 aromatic heterocycles. The molecule has 0 aromatic rings. The van der Waals surface area contributed by atoms with Gasteiger partial charge in [0.15, 0.2) is 0 Å². The summed E-state index contributed by atoms with van der Waals surface area (Å²) in [5.74, 6) is 3.46. The van der Waals surface area contributed by atoms with E-state index in [1.165, 1.54) is 43.6 Å². The van der Waals surface area contributed by atoms with Crippen molar-refractivity contribution in [1.29, 1.82) is 0 Å². The van der Waals surface area contributed by atoms with Gasteiger partial charge in [-0.05, 0) is 30.7 Å². The Morgan fingerprint density at radius 2 is 1.06 bits per heavy atom. The Bertz CT molecular complexity index is 375. The Kier molecular flexibility index (Phi) is 20.7. The predicted molar refractivity (Wildman–Crippen MR) is 144 cm³/mol. The van der Waals surface area contributed by atoms with Crippen LogP contribution in [-0.2, 0) is 13.3 Å². The summed E-state index contributed by atoms with van der Waals surface area (Å²) in [6.07, 6.45) is 9.32. The Hall–Kier alpha value is 0.894. The summed E-state index contributed by atoms with van der Waals surface area (Å²) < 4.78 is 16.7. The summed E-state index contributed by atoms with van der Waals surface area (Å²) >= 11 is 0. The molecule has 0 amide bonds. The lowest BCUT2D eigenvalue weighted by atomic mass is 10.0. The zero-order chi connectivity index (χ0) is 24.3. The average molecular weight is 531 g/mol. The number of aliphatic hydroxyl groups is 3. The van der Waals surface area contributed by atoms with Gasteiger partial charge in [-0.1, -0.05) is 74.0 Å². The van der Waals surface area contributed by atoms with Crippen LogP contribution >= 0.6 is 21.6 Å². The molecule has 10 heteroatoms. The second-order valence-electron chi connectivity index (χ2n) is 8.86. The number of hydrogen-bond acceptors (Lipinski definition) is 8. The van der Waals surface area contributed by atoms with E-state index in [0.29, 0.717) is 11.8 Å². The van der Waals surface area contributed by atoms with Crippen LogP contribution in [0.2, 0.25) is 12.1 Å². The molecular weight excluding hydrogens is 481 g/mol. The third-order valence-corrected chi connectivity index (χ3v) is 15.6. The molecule has 3 N–H and O–H groups in total. The fraction of sp³-hybridized carbons (Fsp3) is 1.00. The van der Waals surface area contributed by atoms with E-state index in [4.69, 9.17) is 13.3 Å². The van der Waals surface area contributed by atoms with Crippen molar-refractivity contribution in [2.24, 2.45) is 11.8 Å². The molecule has 0 rings (SSSR count). The smallest absolute Gasteiger partial charge is 0.399 e. The maximum Gasteiger partial charge on any atom is 0.500 e. The molecule has 194 valence electrons. The molecule has 0 saturated heterocycles. The van der Waals surface area contributed by atoms with Crippen molar-refractivity contribution < 1.29 is 28.6 Å². The third kappa shape index (κ3) is 13.1. The van der Waals surface area contributed by atoms with Crippen molar-refractivity contribution in [1.82, 2.24) is 0 Å². The van der Waals surface area contributed by atoms with Crippen molar-refractivity contribution in [2.45, 2.75) is 77.3 Å². The lowest BCUT2D eigenvalue weighted by molar-refractivity contribution is 0.117. The van der Waals surface area contributed by atoms with Crippen LogP contribution in [0.15, 0.2) is 0 Å². The highest BCUT2D eigenvalue weighted by Gasteiger charge is 2.39. The first-order chi connectivity index (χ1) is 15.4. The molecule has 0 aromatic carbocycles. The zero-order valence-corrected chi connectivity index (χ0v) is 24.8. The highest BCUT2D eigenvalue weighted by atomic mass is 33.1. The Morgan fingerprint density at radius 3 is 1.41 bits per heavy atom. The molecule has 0 fully saturated rings. The van der Waals surface area contributed by atoms with Gasteiger partial charge in [0.2, 0.25) is 0 Å². The first kappa shape index (κ1) is 32.9. The van der Waals surface area contributed by atoms with Crippen LogP contribution in [0.3, 0.4) is 0 Å². The van der Waals surface area contributed by atoms with E-state index < -0.39 is 16.9 Å². The van der Waals surface area contributed by atoms with Crippen molar-refractivity contribution in [3.63, 3.8) is 0 Å². The first-order valence-corrected chi connectivity index (χ1v) is 19.4. The maximum absolute atomic E-state index is 9.60. The fourth-order valence-electron chi connectivity index (χ4n) is 4.02. The fourth-order valence-corrected chi connectivity index (χ4v) is 10.9. The summed E-state index contributed by atoms with van der Waals surface area (Å²) in [4.78, 5) is 0. The molecule has 0 radical (unpaired) electrons. The van der Waals surface area contributed by atoms with Gasteiger partial charge in [-0.3, -0.25) is 0 Å². The molecule has 2 unspecified atom stereocenters. The van der Waals surface area contributed by atoms with Crippen molar-refractivity contribution in [2.75, 3.05) is 51.5 Å². The van der Waals surface area contributed by atoms with Gasteiger partial charge in [-0.2, -0.15) is 0 Å². The minimum absolute atomic E-state index is 0.0179. The molecule has 2 atom stereocenters. The largest absolute Gasteiger partial charge is 0.500 e. The van der Waals surface area contributed by atoms with Gasteiger partial charge in [-0.25, -0.2) is 0 Å². The molecule has 32 heavy (non-hydrogen) atoms. The van der Waals surface area contributed by atoms with E-state index in [1.54, 1.807) is 21.3 Å². The Morgan fingerprint density at radius 1 is 0.656 bits per heavy atom. The van der Waals surface area contributed by atoms with Crippen molar-refractivity contribution >= 4 is 38.5 Å². The standard InChI is InChI=1S/C22H50O6S2Si2/c1-6-21(16-31(18-23,19-24)20-25)12-8-10-14-29-30-15-11-9-13-22(7-2)17-32(26-3,27-4)28-5/h21-25H,6-20H2,1-5H3. The molecule has 0 aliphatic rings. The van der Waals surface area contributed by atoms with E-state index in [1.807, 2.05) is 21.6 Å². The second-order valence-corrected chi connectivity index (χ2v) is 18.9. The quantitative estimate of drug-likeness (QED) is 0.0997. The molecule has 0 aliphatic carbocycles. The zero-order valence-electron chi connectivity index (χ0n) is 21.1. The van der Waals surface area contributed by atoms with Crippen LogP contribution < -0.4 is 0 Å². The van der Waals surface area contributed by atoms with Gasteiger partial charge < -0.3 is 28.6 Å². The Labute approximate surface area is 207 Å². The summed E-state index contributed by atoms with van der Waals surface area (Å²) in [5, 5.41) is 28.8. The van der Waals surface area contributed by atoms with E-state index in [2.05, 4.69) is 13.8 Å². The van der Waals surface area contributed by atoms with Crippen LogP contribution in [0, 0.1) is 11.8 Å². The highest BCUT2D eigenvalue weighted by Crippen LogP contribution is 2.29. The van der Waals surface area contributed by atoms with E-state index in [-0.39, 0.29) is 18.7 Å². The van der Waals surface area contributed by atoms with Crippen LogP contribution in [0.1, 0.15) is 65.2 Å². The van der Waals surface area contributed by atoms with Crippen molar-refractivity contribution in [3.8, 4) is 0 Å². The minimum Gasteiger partial charge on any atom is -0.399 e. The van der Waals surface area contributed by atoms with Gasteiger partial charge in [0.25, 0.3) is 0 Å². The lowest BCUT2D eigenvalue weighted by Crippen LogP contribution is -2.49. The molecule has 0 spiro atoms. The van der Waals surface area contributed by atoms with Gasteiger partial charge in [0.1, 0.15) is 8.07 Å². The number of unbranched alkanes of at least 4 members (excludes halogenated alkanes) is 2. The molecule has 0 saturated carbocycles. The van der Waals surface area contributed by atoms with E-state index in [9.17, 15) is 15.3 Å². The molecule has 0 bridgehead atoms. The van der Waals surface area contributed by atoms with Crippen LogP contribution in [0.5, 0.6) is 0 Å². The topological polar surface area (TPSA) is 88.4 Å². The molecule has 0 heterocycles. The Balaban J connectivity index is 3.89. The number of hydrogen-bond donors (Lipinski definition) is 3. The second kappa shape index (κ2) is 20.1. The van der Waals surface area contributed by atoms with Gasteiger partial charge >= 0.3 is 8.80 Å². The molecular formula is C22H50O6S2Si2. The third-order valence-electron chi connectivity index (χ3n) is 6.62. The van der Waals surface area contributed by atoms with Gasteiger partial charge in [-0.15, -0.1) is 0 Å². The summed E-state index contributed by atoms with van der Waals surface area (Å²) in [5.41, 5.74) is 0. The number of aliphatic hydroxyl groups excluding tert-OH is 3. The summed E-state index contributed by atoms with van der Waals surface area (Å²) in [6.45, 7) is 4.41. The highest BCUT2D eigenvalue weighted by molar-refractivity contribution is 8.76. The van der Waals surface area contributed by atoms with Crippen molar-refractivity contribution in [3.05, 3.63) is 0 Å². The van der Waals surface area contributed by atoms with E-state index >= 15 is 0 Å². The normalized spacial score (nSPS) is 14.6. The number of rotatable bonds is 23. The summed E-state index contributed by atoms with van der Waals surface area (Å²) in [6, 6.07) is 1.72. The van der Waals surface area contributed by atoms with Crippen LogP contribution in [-0.4, -0.2) is 83.7 Å². The first-order valence-electron chi connectivity index (χ1n) is 12.2. The monoisotopic (exact) mass is 530 g/mol. The summed E-state index contributed by atoms with van der Waals surface area (Å²) in [7, 11) is 4.27. The van der Waals surface area contributed by atoms with Gasteiger partial charge in [0.05, 0.1) is 0 Å². The minimum atomic E-state index is -2.47. The van der Waals surface area contributed by atoms with E-state index in [0.717, 1.165) is 31.4 Å². The average Bonchev–Trinajstić information content (AvgIpc) is 2.84. The molecule has 6 nitrogen and oxygen atoms in total. The van der Waals surface area contributed by atoms with Crippen LogP contribution in [0.4, 0.5) is 0 Å². The van der Waals surface area contributed by atoms with Crippen LogP contribution in [0.25, 0.3) is 0 Å². The molecule has 0 aliphatic heterocycles.